The lowest BCUT2D eigenvalue weighted by atomic mass is 9.83. The Balaban J connectivity index is 2.14. The Morgan fingerprint density at radius 2 is 1.70 bits per heavy atom. The molecule has 2 N–H and O–H groups in total. The van der Waals surface area contributed by atoms with E-state index in [4.69, 9.17) is 34.8 Å². The minimum Gasteiger partial charge on any atom is -0.380 e. The molecule has 4 nitrogen and oxygen atoms in total. The van der Waals surface area contributed by atoms with Crippen molar-refractivity contribution in [2.75, 3.05) is 0 Å². The van der Waals surface area contributed by atoms with Crippen molar-refractivity contribution in [3.8, 4) is 0 Å². The fourth-order valence-electron chi connectivity index (χ4n) is 2.46. The number of aromatic nitrogens is 3. The standard InChI is InChI=1S/C16H12Cl3N3O/c17-11-3-1-10(2-4-11)16(23,8-15-20-9-21-22-15)13-6-5-12(18)7-14(13)19/h1-7,9,23H,8H2,(H,20,21,22). The smallest absolute Gasteiger partial charge is 0.137 e. The van der Waals surface area contributed by atoms with Crippen LogP contribution in [0.1, 0.15) is 17.0 Å². The normalized spacial score (nSPS) is 13.7. The molecule has 0 spiro atoms. The summed E-state index contributed by atoms with van der Waals surface area (Å²) in [7, 11) is 0. The SMILES string of the molecule is OC(Cc1ncn[nH]1)(c1ccc(Cl)cc1)c1ccc(Cl)cc1Cl. The largest absolute Gasteiger partial charge is 0.380 e. The van der Waals surface area contributed by atoms with E-state index in [2.05, 4.69) is 15.2 Å². The number of aliphatic hydroxyl groups is 1. The zero-order valence-electron chi connectivity index (χ0n) is 11.8. The van der Waals surface area contributed by atoms with E-state index in [1.807, 2.05) is 0 Å². The fourth-order valence-corrected chi connectivity index (χ4v) is 3.15. The van der Waals surface area contributed by atoms with E-state index in [0.29, 0.717) is 32.0 Å². The third kappa shape index (κ3) is 3.35. The maximum absolute atomic E-state index is 11.4. The molecule has 7 heteroatoms. The van der Waals surface area contributed by atoms with Gasteiger partial charge in [0.2, 0.25) is 0 Å². The van der Waals surface area contributed by atoms with Gasteiger partial charge >= 0.3 is 0 Å². The van der Waals surface area contributed by atoms with Crippen LogP contribution in [0.5, 0.6) is 0 Å². The van der Waals surface area contributed by atoms with Gasteiger partial charge in [-0.3, -0.25) is 5.10 Å². The number of H-pyrrole nitrogens is 1. The Bertz CT molecular complexity index is 806. The number of aromatic amines is 1. The predicted octanol–water partition coefficient (Wildman–Crippen LogP) is 4.24. The number of halogens is 3. The van der Waals surface area contributed by atoms with Gasteiger partial charge in [0.15, 0.2) is 0 Å². The quantitative estimate of drug-likeness (QED) is 0.724. The summed E-state index contributed by atoms with van der Waals surface area (Å²) < 4.78 is 0. The van der Waals surface area contributed by atoms with Gasteiger partial charge in [0.05, 0.1) is 0 Å². The summed E-state index contributed by atoms with van der Waals surface area (Å²) >= 11 is 18.2. The fraction of sp³-hybridized carbons (Fsp3) is 0.125. The zero-order valence-corrected chi connectivity index (χ0v) is 14.1. The predicted molar refractivity (Wildman–Crippen MR) is 91.0 cm³/mol. The van der Waals surface area contributed by atoms with Crippen molar-refractivity contribution >= 4 is 34.8 Å². The van der Waals surface area contributed by atoms with Crippen LogP contribution in [0.2, 0.25) is 15.1 Å². The summed E-state index contributed by atoms with van der Waals surface area (Å²) in [6.45, 7) is 0. The molecule has 0 aliphatic heterocycles. The van der Waals surface area contributed by atoms with Crippen molar-refractivity contribution in [1.29, 1.82) is 0 Å². The molecule has 1 atom stereocenters. The first-order valence-corrected chi connectivity index (χ1v) is 7.90. The third-order valence-electron chi connectivity index (χ3n) is 3.59. The summed E-state index contributed by atoms with van der Waals surface area (Å²) in [5.41, 5.74) is -0.226. The van der Waals surface area contributed by atoms with Gasteiger partial charge in [-0.1, -0.05) is 53.0 Å². The van der Waals surface area contributed by atoms with Gasteiger partial charge in [-0.25, -0.2) is 4.98 Å². The molecule has 1 heterocycles. The van der Waals surface area contributed by atoms with E-state index in [1.165, 1.54) is 6.33 Å². The molecule has 23 heavy (non-hydrogen) atoms. The van der Waals surface area contributed by atoms with Crippen LogP contribution in [0.3, 0.4) is 0 Å². The van der Waals surface area contributed by atoms with Crippen molar-refractivity contribution in [2.24, 2.45) is 0 Å². The Labute approximate surface area is 148 Å². The van der Waals surface area contributed by atoms with Gasteiger partial charge < -0.3 is 5.11 Å². The van der Waals surface area contributed by atoms with Gasteiger partial charge in [0, 0.05) is 27.1 Å². The number of hydrogen-bond donors (Lipinski definition) is 2. The minimum absolute atomic E-state index is 0.177. The van der Waals surface area contributed by atoms with E-state index in [0.717, 1.165) is 0 Å². The van der Waals surface area contributed by atoms with E-state index < -0.39 is 5.60 Å². The molecule has 0 aliphatic carbocycles. The van der Waals surface area contributed by atoms with Crippen LogP contribution in [0, 0.1) is 0 Å². The molecule has 0 aliphatic rings. The zero-order chi connectivity index (χ0) is 16.4. The summed E-state index contributed by atoms with van der Waals surface area (Å²) in [4.78, 5) is 4.10. The topological polar surface area (TPSA) is 61.8 Å². The van der Waals surface area contributed by atoms with E-state index >= 15 is 0 Å². The van der Waals surface area contributed by atoms with Crippen LogP contribution in [-0.4, -0.2) is 20.3 Å². The number of nitrogens with one attached hydrogen (secondary N) is 1. The summed E-state index contributed by atoms with van der Waals surface area (Å²) in [5.74, 6) is 0.536. The summed E-state index contributed by atoms with van der Waals surface area (Å²) in [5, 5.41) is 19.5. The number of nitrogens with zero attached hydrogens (tertiary/aromatic N) is 2. The molecule has 3 rings (SSSR count). The molecule has 0 amide bonds. The molecule has 118 valence electrons. The first-order chi connectivity index (χ1) is 11.0. The first kappa shape index (κ1) is 16.3. The van der Waals surface area contributed by atoms with Gasteiger partial charge in [0.1, 0.15) is 17.8 Å². The van der Waals surface area contributed by atoms with Gasteiger partial charge in [-0.2, -0.15) is 5.10 Å². The molecule has 3 aromatic rings. The van der Waals surface area contributed by atoms with Gasteiger partial charge in [-0.05, 0) is 29.8 Å². The van der Waals surface area contributed by atoms with Crippen LogP contribution in [0.15, 0.2) is 48.8 Å². The van der Waals surface area contributed by atoms with Gasteiger partial charge in [-0.15, -0.1) is 0 Å². The van der Waals surface area contributed by atoms with Crippen molar-refractivity contribution in [3.63, 3.8) is 0 Å². The highest BCUT2D eigenvalue weighted by Gasteiger charge is 2.35. The average molecular weight is 369 g/mol. The van der Waals surface area contributed by atoms with Crippen LogP contribution in [0.4, 0.5) is 0 Å². The lowest BCUT2D eigenvalue weighted by Crippen LogP contribution is -2.31. The second kappa shape index (κ2) is 6.49. The highest BCUT2D eigenvalue weighted by molar-refractivity contribution is 6.35. The van der Waals surface area contributed by atoms with Crippen molar-refractivity contribution in [1.82, 2.24) is 15.2 Å². The Morgan fingerprint density at radius 1 is 1.00 bits per heavy atom. The second-order valence-electron chi connectivity index (χ2n) is 5.10. The molecule has 1 unspecified atom stereocenters. The summed E-state index contributed by atoms with van der Waals surface area (Å²) in [6, 6.07) is 11.9. The molecule has 0 fully saturated rings. The Kier molecular flexibility index (Phi) is 4.60. The molecule has 2 aromatic carbocycles. The molecular weight excluding hydrogens is 357 g/mol. The molecule has 0 radical (unpaired) electrons. The second-order valence-corrected chi connectivity index (χ2v) is 6.38. The minimum atomic E-state index is -1.40. The van der Waals surface area contributed by atoms with Gasteiger partial charge in [0.25, 0.3) is 0 Å². The number of rotatable bonds is 4. The molecule has 0 saturated heterocycles. The van der Waals surface area contributed by atoms with E-state index in [9.17, 15) is 5.11 Å². The molecule has 0 bridgehead atoms. The highest BCUT2D eigenvalue weighted by Crippen LogP contribution is 2.38. The van der Waals surface area contributed by atoms with Crippen LogP contribution < -0.4 is 0 Å². The maximum atomic E-state index is 11.4. The average Bonchev–Trinajstić information content (AvgIpc) is 3.00. The van der Waals surface area contributed by atoms with E-state index in [1.54, 1.807) is 42.5 Å². The monoisotopic (exact) mass is 367 g/mol. The molecule has 0 saturated carbocycles. The van der Waals surface area contributed by atoms with E-state index in [-0.39, 0.29) is 6.42 Å². The maximum Gasteiger partial charge on any atom is 0.137 e. The van der Waals surface area contributed by atoms with Crippen LogP contribution >= 0.6 is 34.8 Å². The summed E-state index contributed by atoms with van der Waals surface area (Å²) in [6.07, 6.45) is 1.57. The lowest BCUT2D eigenvalue weighted by molar-refractivity contribution is 0.0791. The van der Waals surface area contributed by atoms with Crippen molar-refractivity contribution < 1.29 is 5.11 Å². The third-order valence-corrected chi connectivity index (χ3v) is 4.39. The van der Waals surface area contributed by atoms with Crippen LogP contribution in [-0.2, 0) is 12.0 Å². The molecular formula is C16H12Cl3N3O. The Hall–Kier alpha value is -1.59. The lowest BCUT2D eigenvalue weighted by Gasteiger charge is -2.29. The van der Waals surface area contributed by atoms with Crippen LogP contribution in [0.25, 0.3) is 0 Å². The van der Waals surface area contributed by atoms with Crippen molar-refractivity contribution in [3.05, 3.63) is 80.8 Å². The number of benzene rings is 2. The highest BCUT2D eigenvalue weighted by atomic mass is 35.5. The molecule has 1 aromatic heterocycles. The first-order valence-electron chi connectivity index (χ1n) is 6.77. The Morgan fingerprint density at radius 3 is 2.30 bits per heavy atom. The van der Waals surface area contributed by atoms with Crippen molar-refractivity contribution in [2.45, 2.75) is 12.0 Å². The number of hydrogen-bond acceptors (Lipinski definition) is 3.